The number of nitrogens with one attached hydrogen (secondary N) is 3. The zero-order valence-electron chi connectivity index (χ0n) is 18.8. The van der Waals surface area contributed by atoms with Crippen LogP contribution in [0.1, 0.15) is 39.2 Å². The van der Waals surface area contributed by atoms with Gasteiger partial charge < -0.3 is 20.7 Å². The number of carbonyl (C=O) groups excluding carboxylic acids is 3. The van der Waals surface area contributed by atoms with Gasteiger partial charge in [-0.1, -0.05) is 43.8 Å². The summed E-state index contributed by atoms with van der Waals surface area (Å²) < 4.78 is 0. The molecule has 3 unspecified atom stereocenters. The lowest BCUT2D eigenvalue weighted by molar-refractivity contribution is -0.137. The topological polar surface area (TPSA) is 128 Å². The minimum atomic E-state index is -1.08. The Bertz CT molecular complexity index is 955. The highest BCUT2D eigenvalue weighted by Crippen LogP contribution is 2.29. The van der Waals surface area contributed by atoms with Crippen molar-refractivity contribution in [1.82, 2.24) is 15.6 Å². The number of carboxylic acids is 1. The van der Waals surface area contributed by atoms with E-state index in [4.69, 9.17) is 0 Å². The van der Waals surface area contributed by atoms with Crippen LogP contribution in [-0.4, -0.2) is 51.3 Å². The minimum absolute atomic E-state index is 0.0988. The van der Waals surface area contributed by atoms with Crippen LogP contribution in [0.15, 0.2) is 30.5 Å². The van der Waals surface area contributed by atoms with Gasteiger partial charge in [0, 0.05) is 42.7 Å². The van der Waals surface area contributed by atoms with Crippen LogP contribution in [0.2, 0.25) is 0 Å². The van der Waals surface area contributed by atoms with Gasteiger partial charge in [0.15, 0.2) is 5.12 Å². The summed E-state index contributed by atoms with van der Waals surface area (Å²) in [7, 11) is 1.50. The smallest absolute Gasteiger partial charge is 0.304 e. The largest absolute Gasteiger partial charge is 0.481 e. The van der Waals surface area contributed by atoms with Crippen LogP contribution in [0, 0.1) is 11.8 Å². The monoisotopic (exact) mass is 461 g/mol. The van der Waals surface area contributed by atoms with Gasteiger partial charge in [0.05, 0.1) is 12.3 Å². The standard InChI is InChI=1S/C23H31N3O5S/c1-13(2)9-17(20(11-21(28)29)32-14(3)27)22(30)26-19(23(31)24-4)10-15-12-25-18-8-6-5-7-16(15)18/h5-8,12-13,17,19-20,25H,9-11H2,1-4H3,(H,24,31)(H,26,30)(H,28,29). The molecule has 0 aliphatic rings. The number of hydrogen-bond donors (Lipinski definition) is 4. The Labute approximate surface area is 191 Å². The van der Waals surface area contributed by atoms with E-state index in [1.807, 2.05) is 44.3 Å². The van der Waals surface area contributed by atoms with E-state index in [2.05, 4.69) is 15.6 Å². The van der Waals surface area contributed by atoms with Crippen LogP contribution in [-0.2, 0) is 25.6 Å². The molecular weight excluding hydrogens is 430 g/mol. The van der Waals surface area contributed by atoms with E-state index in [0.29, 0.717) is 6.42 Å². The maximum absolute atomic E-state index is 13.3. The Hall–Kier alpha value is -2.81. The van der Waals surface area contributed by atoms with Crippen LogP contribution in [0.5, 0.6) is 0 Å². The summed E-state index contributed by atoms with van der Waals surface area (Å²) in [6.45, 7) is 5.21. The lowest BCUT2D eigenvalue weighted by Gasteiger charge is -2.27. The summed E-state index contributed by atoms with van der Waals surface area (Å²) in [4.78, 5) is 52.2. The van der Waals surface area contributed by atoms with Gasteiger partial charge in [-0.05, 0) is 24.0 Å². The molecule has 2 rings (SSSR count). The van der Waals surface area contributed by atoms with E-state index in [9.17, 15) is 24.3 Å². The van der Waals surface area contributed by atoms with Gasteiger partial charge in [-0.25, -0.2) is 0 Å². The number of thioether (sulfide) groups is 1. The van der Waals surface area contributed by atoms with Crippen LogP contribution >= 0.6 is 11.8 Å². The number of carboxylic acid groups (broad SMARTS) is 1. The fourth-order valence-electron chi connectivity index (χ4n) is 3.77. The number of carbonyl (C=O) groups is 4. The molecule has 32 heavy (non-hydrogen) atoms. The summed E-state index contributed by atoms with van der Waals surface area (Å²) in [5.41, 5.74) is 1.82. The summed E-state index contributed by atoms with van der Waals surface area (Å²) in [5.74, 6) is -2.48. The molecule has 1 aromatic heterocycles. The van der Waals surface area contributed by atoms with Gasteiger partial charge in [-0.2, -0.15) is 0 Å². The molecule has 1 aromatic carbocycles. The fraction of sp³-hybridized carbons (Fsp3) is 0.478. The van der Waals surface area contributed by atoms with Crippen molar-refractivity contribution in [3.8, 4) is 0 Å². The molecular formula is C23H31N3O5S. The average molecular weight is 462 g/mol. The number of rotatable bonds is 11. The molecule has 0 radical (unpaired) electrons. The van der Waals surface area contributed by atoms with Gasteiger partial charge in [-0.3, -0.25) is 19.2 Å². The maximum atomic E-state index is 13.3. The zero-order chi connectivity index (χ0) is 23.8. The molecule has 0 saturated carbocycles. The Morgan fingerprint density at radius 1 is 1.12 bits per heavy atom. The molecule has 4 N–H and O–H groups in total. The molecule has 0 saturated heterocycles. The lowest BCUT2D eigenvalue weighted by atomic mass is 9.91. The first kappa shape index (κ1) is 25.5. The van der Waals surface area contributed by atoms with Gasteiger partial charge >= 0.3 is 5.97 Å². The lowest BCUT2D eigenvalue weighted by Crippen LogP contribution is -2.50. The van der Waals surface area contributed by atoms with Crippen molar-refractivity contribution in [3.05, 3.63) is 36.0 Å². The molecule has 1 heterocycles. The first-order chi connectivity index (χ1) is 15.1. The predicted octanol–water partition coefficient (Wildman–Crippen LogP) is 2.73. The highest BCUT2D eigenvalue weighted by Gasteiger charge is 2.34. The highest BCUT2D eigenvalue weighted by molar-refractivity contribution is 8.14. The van der Waals surface area contributed by atoms with Crippen molar-refractivity contribution in [3.63, 3.8) is 0 Å². The Balaban J connectivity index is 2.29. The third-order valence-electron chi connectivity index (χ3n) is 5.18. The number of para-hydroxylation sites is 1. The van der Waals surface area contributed by atoms with Gasteiger partial charge in [0.2, 0.25) is 11.8 Å². The van der Waals surface area contributed by atoms with Gasteiger partial charge in [-0.15, -0.1) is 0 Å². The van der Waals surface area contributed by atoms with E-state index >= 15 is 0 Å². The maximum Gasteiger partial charge on any atom is 0.304 e. The summed E-state index contributed by atoms with van der Waals surface area (Å²) in [6, 6.07) is 6.85. The normalized spacial score (nSPS) is 14.0. The second-order valence-electron chi connectivity index (χ2n) is 8.22. The molecule has 174 valence electrons. The molecule has 2 amide bonds. The van der Waals surface area contributed by atoms with Crippen molar-refractivity contribution >= 4 is 45.6 Å². The van der Waals surface area contributed by atoms with Gasteiger partial charge in [0.25, 0.3) is 0 Å². The first-order valence-electron chi connectivity index (χ1n) is 10.6. The third kappa shape index (κ3) is 7.12. The second-order valence-corrected chi connectivity index (χ2v) is 9.64. The summed E-state index contributed by atoms with van der Waals surface area (Å²) in [6.07, 6.45) is 2.17. The molecule has 0 spiro atoms. The van der Waals surface area contributed by atoms with Crippen molar-refractivity contribution in [2.24, 2.45) is 11.8 Å². The minimum Gasteiger partial charge on any atom is -0.481 e. The number of benzene rings is 1. The molecule has 2 aromatic rings. The number of fused-ring (bicyclic) bond motifs is 1. The Kier molecular flexibility index (Phi) is 9.31. The zero-order valence-corrected chi connectivity index (χ0v) is 19.6. The first-order valence-corrected chi connectivity index (χ1v) is 11.5. The average Bonchev–Trinajstić information content (AvgIpc) is 3.12. The number of hydrogen-bond acceptors (Lipinski definition) is 5. The molecule has 0 fully saturated rings. The number of aromatic nitrogens is 1. The second kappa shape index (κ2) is 11.7. The van der Waals surface area contributed by atoms with E-state index in [-0.39, 0.29) is 29.8 Å². The third-order valence-corrected chi connectivity index (χ3v) is 6.31. The summed E-state index contributed by atoms with van der Waals surface area (Å²) >= 11 is 0.869. The molecule has 0 aliphatic heterocycles. The highest BCUT2D eigenvalue weighted by atomic mass is 32.2. The van der Waals surface area contributed by atoms with Crippen molar-refractivity contribution in [1.29, 1.82) is 0 Å². The quantitative estimate of drug-likeness (QED) is 0.407. The molecule has 0 bridgehead atoms. The van der Waals surface area contributed by atoms with E-state index in [0.717, 1.165) is 28.2 Å². The summed E-state index contributed by atoms with van der Waals surface area (Å²) in [5, 5.41) is 14.7. The van der Waals surface area contributed by atoms with Crippen LogP contribution in [0.3, 0.4) is 0 Å². The predicted molar refractivity (Wildman–Crippen MR) is 125 cm³/mol. The number of amides is 2. The SMILES string of the molecule is CNC(=O)C(Cc1c[nH]c2ccccc12)NC(=O)C(CC(C)C)C(CC(=O)O)SC(C)=O. The van der Waals surface area contributed by atoms with Gasteiger partial charge in [0.1, 0.15) is 6.04 Å². The van der Waals surface area contributed by atoms with Crippen molar-refractivity contribution < 1.29 is 24.3 Å². The number of aromatic amines is 1. The molecule has 8 nitrogen and oxygen atoms in total. The van der Waals surface area contributed by atoms with E-state index < -0.39 is 29.1 Å². The number of H-pyrrole nitrogens is 1. The molecule has 3 atom stereocenters. The molecule has 0 aliphatic carbocycles. The number of aliphatic carboxylic acids is 1. The number of likely N-dealkylation sites (N-methyl/N-ethyl adjacent to an activating group) is 1. The van der Waals surface area contributed by atoms with Crippen LogP contribution < -0.4 is 10.6 Å². The molecule has 9 heteroatoms. The Morgan fingerprint density at radius 2 is 1.81 bits per heavy atom. The van der Waals surface area contributed by atoms with Crippen LogP contribution in [0.4, 0.5) is 0 Å². The Morgan fingerprint density at radius 3 is 2.41 bits per heavy atom. The van der Waals surface area contributed by atoms with E-state index in [1.165, 1.54) is 14.0 Å². The van der Waals surface area contributed by atoms with Crippen molar-refractivity contribution in [2.45, 2.75) is 51.3 Å². The fourth-order valence-corrected chi connectivity index (χ4v) is 4.82. The van der Waals surface area contributed by atoms with Crippen LogP contribution in [0.25, 0.3) is 10.9 Å². The van der Waals surface area contributed by atoms with Crippen molar-refractivity contribution in [2.75, 3.05) is 7.05 Å². The van der Waals surface area contributed by atoms with E-state index in [1.54, 1.807) is 0 Å².